The Morgan fingerprint density at radius 2 is 1.85 bits per heavy atom. The summed E-state index contributed by atoms with van der Waals surface area (Å²) in [5.41, 5.74) is 1.39. The van der Waals surface area contributed by atoms with Gasteiger partial charge in [0, 0.05) is 12.0 Å². The molecule has 4 rings (SSSR count). The van der Waals surface area contributed by atoms with Crippen LogP contribution in [0.15, 0.2) is 67.8 Å². The van der Waals surface area contributed by atoms with Crippen LogP contribution in [-0.2, 0) is 28.5 Å². The zero-order valence-electron chi connectivity index (χ0n) is 18.1. The first-order valence-corrected chi connectivity index (χ1v) is 10.4. The number of cyclic esters (lactones) is 1. The molecule has 0 spiro atoms. The number of benzene rings is 2. The Balaban J connectivity index is 0.000000191. The number of halogens is 5. The lowest BCUT2D eigenvalue weighted by atomic mass is 9.77. The smallest absolute Gasteiger partial charge is 0.416 e. The van der Waals surface area contributed by atoms with Crippen LogP contribution < -0.4 is 0 Å². The second-order valence-electron chi connectivity index (χ2n) is 8.03. The van der Waals surface area contributed by atoms with E-state index in [0.717, 1.165) is 18.2 Å². The molecule has 0 bridgehead atoms. The minimum atomic E-state index is -4.37. The molecule has 2 atom stereocenters. The van der Waals surface area contributed by atoms with Gasteiger partial charge in [0.1, 0.15) is 11.6 Å². The summed E-state index contributed by atoms with van der Waals surface area (Å²) in [5.74, 6) is -1.51. The summed E-state index contributed by atoms with van der Waals surface area (Å²) in [7, 11) is 0. The standard InChI is InChI=1S/C14H12F3N.C12H10F2O2/c1-3-13(18)8-7-10(2)11-5-4-6-12(9-11)14(15,16)17;13-8-2-6-1-7-5-16-12(15)10(7)4-9(6)11(14)3-8/h3-9,18H,1-2H2;2-3,7,10H,1,4-5H2/b8-7-,18-13?;/t;7?,10-/m.0/s1. The first-order valence-electron chi connectivity index (χ1n) is 10.4. The molecule has 34 heavy (non-hydrogen) atoms. The van der Waals surface area contributed by atoms with E-state index < -0.39 is 23.4 Å². The van der Waals surface area contributed by atoms with Crippen molar-refractivity contribution in [1.29, 1.82) is 5.41 Å². The lowest BCUT2D eigenvalue weighted by Gasteiger charge is -2.24. The number of carbonyl (C=O) groups excluding carboxylic acids is 1. The van der Waals surface area contributed by atoms with Crippen LogP contribution in [0.5, 0.6) is 0 Å². The fraction of sp³-hybridized carbons (Fsp3) is 0.231. The van der Waals surface area contributed by atoms with Crippen molar-refractivity contribution in [3.8, 4) is 0 Å². The molecule has 0 aromatic heterocycles. The number of rotatable bonds is 4. The average molecular weight is 475 g/mol. The zero-order valence-corrected chi connectivity index (χ0v) is 18.1. The first-order chi connectivity index (χ1) is 16.0. The largest absolute Gasteiger partial charge is 0.465 e. The molecule has 1 fully saturated rings. The van der Waals surface area contributed by atoms with Gasteiger partial charge in [-0.05, 0) is 65.5 Å². The number of esters is 1. The number of nitrogens with one attached hydrogen (secondary N) is 1. The van der Waals surface area contributed by atoms with Crippen molar-refractivity contribution in [3.05, 3.63) is 102 Å². The van der Waals surface area contributed by atoms with Crippen LogP contribution in [0, 0.1) is 28.9 Å². The maximum atomic E-state index is 13.5. The summed E-state index contributed by atoms with van der Waals surface area (Å²) >= 11 is 0. The van der Waals surface area contributed by atoms with E-state index in [1.165, 1.54) is 30.4 Å². The van der Waals surface area contributed by atoms with Gasteiger partial charge in [0.2, 0.25) is 0 Å². The third kappa shape index (κ3) is 5.87. The minimum absolute atomic E-state index is 0.0844. The summed E-state index contributed by atoms with van der Waals surface area (Å²) < 4.78 is 69.0. The molecule has 1 N–H and O–H groups in total. The van der Waals surface area contributed by atoms with Crippen LogP contribution in [0.3, 0.4) is 0 Å². The topological polar surface area (TPSA) is 50.2 Å². The van der Waals surface area contributed by atoms with Crippen molar-refractivity contribution in [2.75, 3.05) is 6.61 Å². The van der Waals surface area contributed by atoms with Crippen molar-refractivity contribution in [2.45, 2.75) is 19.0 Å². The van der Waals surface area contributed by atoms with E-state index in [2.05, 4.69) is 13.2 Å². The van der Waals surface area contributed by atoms with Gasteiger partial charge >= 0.3 is 12.1 Å². The van der Waals surface area contributed by atoms with Gasteiger partial charge in [-0.15, -0.1) is 0 Å². The van der Waals surface area contributed by atoms with Crippen molar-refractivity contribution in [2.24, 2.45) is 11.8 Å². The van der Waals surface area contributed by atoms with Crippen molar-refractivity contribution >= 4 is 17.3 Å². The van der Waals surface area contributed by atoms with Gasteiger partial charge in [-0.2, -0.15) is 13.2 Å². The quantitative estimate of drug-likeness (QED) is 0.243. The predicted octanol–water partition coefficient (Wildman–Crippen LogP) is 6.33. The third-order valence-corrected chi connectivity index (χ3v) is 5.71. The monoisotopic (exact) mass is 475 g/mol. The molecule has 3 nitrogen and oxygen atoms in total. The highest BCUT2D eigenvalue weighted by atomic mass is 19.4. The van der Waals surface area contributed by atoms with Gasteiger partial charge in [-0.1, -0.05) is 31.4 Å². The Morgan fingerprint density at radius 1 is 1.12 bits per heavy atom. The van der Waals surface area contributed by atoms with Crippen LogP contribution in [0.25, 0.3) is 5.57 Å². The maximum absolute atomic E-state index is 13.5. The average Bonchev–Trinajstić information content (AvgIpc) is 3.15. The summed E-state index contributed by atoms with van der Waals surface area (Å²) in [6.07, 6.45) is 0.740. The van der Waals surface area contributed by atoms with Crippen LogP contribution >= 0.6 is 0 Å². The lowest BCUT2D eigenvalue weighted by molar-refractivity contribution is -0.141. The Morgan fingerprint density at radius 3 is 2.53 bits per heavy atom. The van der Waals surface area contributed by atoms with Crippen LogP contribution in [0.1, 0.15) is 22.3 Å². The second kappa shape index (κ2) is 10.2. The molecule has 0 saturated carbocycles. The summed E-state index contributed by atoms with van der Waals surface area (Å²) in [5, 5.41) is 7.31. The molecule has 2 aromatic carbocycles. The van der Waals surface area contributed by atoms with Crippen molar-refractivity contribution in [1.82, 2.24) is 0 Å². The van der Waals surface area contributed by atoms with Crippen LogP contribution in [-0.4, -0.2) is 18.3 Å². The molecule has 0 amide bonds. The fourth-order valence-corrected chi connectivity index (χ4v) is 3.88. The number of carbonyl (C=O) groups is 1. The number of allylic oxidation sites excluding steroid dienone is 4. The van der Waals surface area contributed by atoms with Gasteiger partial charge in [0.25, 0.3) is 0 Å². The lowest BCUT2D eigenvalue weighted by Crippen LogP contribution is -2.27. The number of alkyl halides is 3. The second-order valence-corrected chi connectivity index (χ2v) is 8.03. The van der Waals surface area contributed by atoms with E-state index in [9.17, 15) is 26.7 Å². The Labute approximate surface area is 193 Å². The maximum Gasteiger partial charge on any atom is 0.416 e. The molecule has 1 aliphatic heterocycles. The molecule has 0 radical (unpaired) electrons. The van der Waals surface area contributed by atoms with Gasteiger partial charge in [-0.3, -0.25) is 4.79 Å². The van der Waals surface area contributed by atoms with E-state index in [1.54, 1.807) is 6.07 Å². The third-order valence-electron chi connectivity index (χ3n) is 5.71. The fourth-order valence-electron chi connectivity index (χ4n) is 3.88. The summed E-state index contributed by atoms with van der Waals surface area (Å²) in [6, 6.07) is 7.14. The van der Waals surface area contributed by atoms with E-state index in [1.807, 2.05) is 0 Å². The molecule has 1 unspecified atom stereocenters. The van der Waals surface area contributed by atoms with Gasteiger partial charge in [0.15, 0.2) is 0 Å². The summed E-state index contributed by atoms with van der Waals surface area (Å²) in [4.78, 5) is 11.4. The highest BCUT2D eigenvalue weighted by Gasteiger charge is 2.41. The molecule has 178 valence electrons. The highest BCUT2D eigenvalue weighted by Crippen LogP contribution is 2.36. The SMILES string of the molecule is C=CC(=N)/C=C\C(=C)c1cccc(C(F)(F)F)c1.O=C1OCC2Cc3cc(F)cc(F)c3C[C@H]12. The van der Waals surface area contributed by atoms with Gasteiger partial charge < -0.3 is 10.1 Å². The Hall–Kier alpha value is -3.55. The van der Waals surface area contributed by atoms with Gasteiger partial charge in [0.05, 0.1) is 23.8 Å². The Bertz CT molecular complexity index is 1170. The van der Waals surface area contributed by atoms with Crippen molar-refractivity contribution in [3.63, 3.8) is 0 Å². The number of hydrogen-bond acceptors (Lipinski definition) is 3. The molecule has 2 aromatic rings. The van der Waals surface area contributed by atoms with Crippen LogP contribution in [0.4, 0.5) is 22.0 Å². The molecular weight excluding hydrogens is 453 g/mol. The molecular formula is C26H22F5NO2. The first kappa shape index (κ1) is 25.1. The number of ether oxygens (including phenoxy) is 1. The number of hydrogen-bond donors (Lipinski definition) is 1. The zero-order chi connectivity index (χ0) is 25.0. The minimum Gasteiger partial charge on any atom is -0.465 e. The molecule has 8 heteroatoms. The van der Waals surface area contributed by atoms with E-state index >= 15 is 0 Å². The van der Waals surface area contributed by atoms with Crippen LogP contribution in [0.2, 0.25) is 0 Å². The molecule has 1 aliphatic carbocycles. The molecule has 2 aliphatic rings. The molecule has 1 heterocycles. The Kier molecular flexibility index (Phi) is 7.49. The van der Waals surface area contributed by atoms with E-state index in [4.69, 9.17) is 10.1 Å². The predicted molar refractivity (Wildman–Crippen MR) is 119 cm³/mol. The van der Waals surface area contributed by atoms with Gasteiger partial charge in [-0.25, -0.2) is 8.78 Å². The van der Waals surface area contributed by atoms with Crippen molar-refractivity contribution < 1.29 is 31.5 Å². The highest BCUT2D eigenvalue weighted by molar-refractivity contribution is 6.02. The summed E-state index contributed by atoms with van der Waals surface area (Å²) in [6.45, 7) is 7.45. The van der Waals surface area contributed by atoms with E-state index in [-0.39, 0.29) is 23.5 Å². The molecule has 1 saturated heterocycles. The van der Waals surface area contributed by atoms with E-state index in [0.29, 0.717) is 41.7 Å². The normalized spacial score (nSPS) is 18.9. The number of fused-ring (bicyclic) bond motifs is 2.